The lowest BCUT2D eigenvalue weighted by Crippen LogP contribution is -2.22. The van der Waals surface area contributed by atoms with Crippen LogP contribution in [0, 0.1) is 0 Å². The zero-order valence-electron chi connectivity index (χ0n) is 15.0. The molecule has 0 saturated carbocycles. The molecule has 1 unspecified atom stereocenters. The minimum Gasteiger partial charge on any atom is -0.457 e. The first kappa shape index (κ1) is 18.9. The first-order valence-electron chi connectivity index (χ1n) is 9.27. The fraction of sp³-hybridized carbons (Fsp3) is 0.400. The van der Waals surface area contributed by atoms with Gasteiger partial charge in [-0.3, -0.25) is 4.79 Å². The largest absolute Gasteiger partial charge is 0.457 e. The Hall–Kier alpha value is -1.44. The standard InChI is InChI=1S/C20H22N2O2S3/c23-19(8-4-1-5-15-11-12-25-27-15)21-13-14-9-10-17(24-14)20-22-16-6-2-3-7-18(16)26-20/h2-3,6-7,9-10,15H,1,4-5,8,11-13H2,(H,21,23). The molecule has 0 aliphatic carbocycles. The fourth-order valence-corrected chi connectivity index (χ4v) is 7.02. The maximum absolute atomic E-state index is 12.0. The third-order valence-electron chi connectivity index (χ3n) is 4.53. The summed E-state index contributed by atoms with van der Waals surface area (Å²) in [5, 5.41) is 4.63. The lowest BCUT2D eigenvalue weighted by molar-refractivity contribution is -0.121. The van der Waals surface area contributed by atoms with Gasteiger partial charge < -0.3 is 9.73 Å². The third-order valence-corrected chi connectivity index (χ3v) is 8.59. The number of hydrogen-bond acceptors (Lipinski definition) is 6. The van der Waals surface area contributed by atoms with E-state index in [1.54, 1.807) is 11.3 Å². The molecule has 0 bridgehead atoms. The minimum atomic E-state index is 0.0985. The smallest absolute Gasteiger partial charge is 0.220 e. The number of rotatable bonds is 8. The average Bonchev–Trinajstić information content (AvgIpc) is 3.43. The van der Waals surface area contributed by atoms with Gasteiger partial charge in [-0.1, -0.05) is 40.1 Å². The van der Waals surface area contributed by atoms with Crippen LogP contribution in [0.2, 0.25) is 0 Å². The van der Waals surface area contributed by atoms with Crippen molar-refractivity contribution >= 4 is 49.0 Å². The third kappa shape index (κ3) is 5.09. The summed E-state index contributed by atoms with van der Waals surface area (Å²) in [7, 11) is 3.99. The highest BCUT2D eigenvalue weighted by molar-refractivity contribution is 8.77. The van der Waals surface area contributed by atoms with Crippen molar-refractivity contribution in [3.8, 4) is 10.8 Å². The summed E-state index contributed by atoms with van der Waals surface area (Å²) in [6.07, 6.45) is 5.23. The Morgan fingerprint density at radius 1 is 1.22 bits per heavy atom. The van der Waals surface area contributed by atoms with Crippen LogP contribution in [0.5, 0.6) is 0 Å². The molecule has 1 aromatic carbocycles. The Labute approximate surface area is 170 Å². The van der Waals surface area contributed by atoms with Gasteiger partial charge in [-0.05, 0) is 43.5 Å². The average molecular weight is 419 g/mol. The fourth-order valence-electron chi connectivity index (χ4n) is 3.06. The topological polar surface area (TPSA) is 55.1 Å². The van der Waals surface area contributed by atoms with Crippen LogP contribution in [-0.4, -0.2) is 21.9 Å². The monoisotopic (exact) mass is 418 g/mol. The van der Waals surface area contributed by atoms with Crippen molar-refractivity contribution in [2.75, 3.05) is 5.75 Å². The number of amides is 1. The molecule has 4 nitrogen and oxygen atoms in total. The second-order valence-electron chi connectivity index (χ2n) is 6.60. The summed E-state index contributed by atoms with van der Waals surface area (Å²) in [5.74, 6) is 2.89. The van der Waals surface area contributed by atoms with Gasteiger partial charge in [-0.15, -0.1) is 11.3 Å². The molecular weight excluding hydrogens is 396 g/mol. The van der Waals surface area contributed by atoms with E-state index in [0.29, 0.717) is 13.0 Å². The summed E-state index contributed by atoms with van der Waals surface area (Å²) in [4.78, 5) is 16.6. The number of para-hydroxylation sites is 1. The van der Waals surface area contributed by atoms with Crippen molar-refractivity contribution < 1.29 is 9.21 Å². The van der Waals surface area contributed by atoms with E-state index in [9.17, 15) is 4.79 Å². The van der Waals surface area contributed by atoms with E-state index >= 15 is 0 Å². The number of aromatic nitrogens is 1. The van der Waals surface area contributed by atoms with Crippen LogP contribution in [-0.2, 0) is 11.3 Å². The molecule has 1 N–H and O–H groups in total. The van der Waals surface area contributed by atoms with Crippen molar-refractivity contribution in [3.05, 3.63) is 42.2 Å². The van der Waals surface area contributed by atoms with Gasteiger partial charge in [0.2, 0.25) is 5.91 Å². The maximum Gasteiger partial charge on any atom is 0.220 e. The molecule has 2 aromatic heterocycles. The number of nitrogens with zero attached hydrogens (tertiary/aromatic N) is 1. The minimum absolute atomic E-state index is 0.0985. The molecule has 142 valence electrons. The predicted octanol–water partition coefficient (Wildman–Crippen LogP) is 5.89. The molecule has 1 fully saturated rings. The molecule has 1 atom stereocenters. The van der Waals surface area contributed by atoms with Crippen LogP contribution in [0.15, 0.2) is 40.8 Å². The zero-order valence-corrected chi connectivity index (χ0v) is 17.4. The summed E-state index contributed by atoms with van der Waals surface area (Å²) >= 11 is 1.62. The van der Waals surface area contributed by atoms with E-state index < -0.39 is 0 Å². The number of benzene rings is 1. The molecule has 0 spiro atoms. The number of hydrogen-bond donors (Lipinski definition) is 1. The summed E-state index contributed by atoms with van der Waals surface area (Å²) < 4.78 is 7.02. The van der Waals surface area contributed by atoms with Crippen LogP contribution in [0.1, 0.15) is 37.9 Å². The highest BCUT2D eigenvalue weighted by Gasteiger charge is 2.16. The van der Waals surface area contributed by atoms with Gasteiger partial charge in [0, 0.05) is 17.4 Å². The Bertz CT molecular complexity index is 866. The molecule has 3 aromatic rings. The van der Waals surface area contributed by atoms with Crippen molar-refractivity contribution in [1.29, 1.82) is 0 Å². The highest BCUT2D eigenvalue weighted by atomic mass is 33.1. The van der Waals surface area contributed by atoms with Gasteiger partial charge in [-0.2, -0.15) is 0 Å². The molecule has 7 heteroatoms. The molecule has 1 aliphatic rings. The SMILES string of the molecule is O=C(CCCCC1CCSS1)NCc1ccc(-c2nc3ccccc3s2)o1. The van der Waals surface area contributed by atoms with E-state index in [1.807, 2.05) is 51.9 Å². The Morgan fingerprint density at radius 3 is 3.00 bits per heavy atom. The van der Waals surface area contributed by atoms with E-state index in [0.717, 1.165) is 44.8 Å². The van der Waals surface area contributed by atoms with E-state index in [2.05, 4.69) is 16.4 Å². The van der Waals surface area contributed by atoms with Crippen LogP contribution in [0.4, 0.5) is 0 Å². The molecular formula is C20H22N2O2S3. The van der Waals surface area contributed by atoms with Gasteiger partial charge in [0.05, 0.1) is 16.8 Å². The van der Waals surface area contributed by atoms with Crippen molar-refractivity contribution in [3.63, 3.8) is 0 Å². The lowest BCUT2D eigenvalue weighted by atomic mass is 10.1. The predicted molar refractivity (Wildman–Crippen MR) is 116 cm³/mol. The first-order valence-corrected chi connectivity index (χ1v) is 12.5. The van der Waals surface area contributed by atoms with E-state index in [-0.39, 0.29) is 5.91 Å². The second kappa shape index (κ2) is 9.17. The number of nitrogens with one attached hydrogen (secondary N) is 1. The first-order chi connectivity index (χ1) is 13.3. The summed E-state index contributed by atoms with van der Waals surface area (Å²) in [5.41, 5.74) is 0.985. The van der Waals surface area contributed by atoms with Gasteiger partial charge in [0.25, 0.3) is 0 Å². The molecule has 1 saturated heterocycles. The quantitative estimate of drug-likeness (QED) is 0.365. The molecule has 0 radical (unpaired) electrons. The Balaban J connectivity index is 1.22. The van der Waals surface area contributed by atoms with E-state index in [4.69, 9.17) is 4.42 Å². The zero-order chi connectivity index (χ0) is 18.5. The summed E-state index contributed by atoms with van der Waals surface area (Å²) in [6.45, 7) is 0.429. The van der Waals surface area contributed by atoms with Crippen molar-refractivity contribution in [2.24, 2.45) is 0 Å². The van der Waals surface area contributed by atoms with Crippen LogP contribution in [0.3, 0.4) is 0 Å². The van der Waals surface area contributed by atoms with Gasteiger partial charge in [0.15, 0.2) is 10.8 Å². The molecule has 4 rings (SSSR count). The van der Waals surface area contributed by atoms with Crippen LogP contribution < -0.4 is 5.32 Å². The lowest BCUT2D eigenvalue weighted by Gasteiger charge is -2.07. The van der Waals surface area contributed by atoms with Gasteiger partial charge in [0.1, 0.15) is 5.76 Å². The van der Waals surface area contributed by atoms with Gasteiger partial charge >= 0.3 is 0 Å². The number of thiazole rings is 1. The number of carbonyl (C=O) groups excluding carboxylic acids is 1. The molecule has 3 heterocycles. The maximum atomic E-state index is 12.0. The molecule has 27 heavy (non-hydrogen) atoms. The highest BCUT2D eigenvalue weighted by Crippen LogP contribution is 2.39. The summed E-state index contributed by atoms with van der Waals surface area (Å²) in [6, 6.07) is 11.9. The second-order valence-corrected chi connectivity index (χ2v) is 10.4. The van der Waals surface area contributed by atoms with Crippen molar-refractivity contribution in [2.45, 2.75) is 43.9 Å². The number of unbranched alkanes of at least 4 members (excludes halogenated alkanes) is 1. The number of carbonyl (C=O) groups is 1. The van der Waals surface area contributed by atoms with Gasteiger partial charge in [-0.25, -0.2) is 4.98 Å². The number of furan rings is 1. The van der Waals surface area contributed by atoms with Crippen molar-refractivity contribution in [1.82, 2.24) is 10.3 Å². The van der Waals surface area contributed by atoms with E-state index in [1.165, 1.54) is 18.6 Å². The Kier molecular flexibility index (Phi) is 6.42. The normalized spacial score (nSPS) is 16.8. The molecule has 1 aliphatic heterocycles. The van der Waals surface area contributed by atoms with Crippen LogP contribution in [0.25, 0.3) is 21.0 Å². The molecule has 1 amide bonds. The number of fused-ring (bicyclic) bond motifs is 1. The van der Waals surface area contributed by atoms with Crippen LogP contribution >= 0.6 is 32.9 Å². The Morgan fingerprint density at radius 2 is 2.15 bits per heavy atom.